The molecule has 1 aliphatic rings. The van der Waals surface area contributed by atoms with Gasteiger partial charge >= 0.3 is 0 Å². The van der Waals surface area contributed by atoms with E-state index in [1.54, 1.807) is 7.11 Å². The van der Waals surface area contributed by atoms with Crippen molar-refractivity contribution in [3.63, 3.8) is 0 Å². The molecule has 0 atom stereocenters. The molecule has 3 aromatic carbocycles. The Balaban J connectivity index is 1.43. The predicted molar refractivity (Wildman–Crippen MR) is 135 cm³/mol. The summed E-state index contributed by atoms with van der Waals surface area (Å²) >= 11 is 0. The van der Waals surface area contributed by atoms with Gasteiger partial charge in [-0.05, 0) is 41.0 Å². The molecule has 0 saturated heterocycles. The van der Waals surface area contributed by atoms with E-state index in [0.29, 0.717) is 36.0 Å². The van der Waals surface area contributed by atoms with E-state index in [-0.39, 0.29) is 5.78 Å². The largest absolute Gasteiger partial charge is 0.493 e. The van der Waals surface area contributed by atoms with Crippen molar-refractivity contribution < 1.29 is 14.3 Å². The highest BCUT2D eigenvalue weighted by molar-refractivity contribution is 6.15. The molecule has 0 aliphatic carbocycles. The van der Waals surface area contributed by atoms with Gasteiger partial charge < -0.3 is 18.6 Å². The van der Waals surface area contributed by atoms with E-state index < -0.39 is 0 Å². The Morgan fingerprint density at radius 1 is 0.800 bits per heavy atom. The minimum atomic E-state index is 0.0428. The van der Waals surface area contributed by atoms with Gasteiger partial charge in [-0.2, -0.15) is 0 Å². The second kappa shape index (κ2) is 8.69. The van der Waals surface area contributed by atoms with Gasteiger partial charge in [0.25, 0.3) is 0 Å². The Bertz CT molecular complexity index is 1510. The van der Waals surface area contributed by atoms with Crippen LogP contribution in [0.4, 0.5) is 0 Å². The van der Waals surface area contributed by atoms with E-state index >= 15 is 0 Å². The fraction of sp³-hybridized carbons (Fsp3) is 0.100. The van der Waals surface area contributed by atoms with Crippen LogP contribution >= 0.6 is 0 Å². The summed E-state index contributed by atoms with van der Waals surface area (Å²) < 4.78 is 15.8. The Labute approximate surface area is 203 Å². The topological polar surface area (TPSA) is 45.4 Å². The maximum absolute atomic E-state index is 13.3. The molecular formula is C30H24N2O3. The SMILES string of the molecule is COc1ccc(-c2cn(Cc3ccccc3)c3c2-n2cccc2C3=O)cc1OCc1ccccc1. The van der Waals surface area contributed by atoms with Crippen molar-refractivity contribution in [1.29, 1.82) is 0 Å². The van der Waals surface area contributed by atoms with Gasteiger partial charge in [-0.3, -0.25) is 4.79 Å². The molecule has 6 rings (SSSR count). The quantitative estimate of drug-likeness (QED) is 0.288. The molecule has 2 aromatic heterocycles. The van der Waals surface area contributed by atoms with E-state index in [1.165, 1.54) is 0 Å². The maximum Gasteiger partial charge on any atom is 0.228 e. The summed E-state index contributed by atoms with van der Waals surface area (Å²) in [7, 11) is 1.64. The summed E-state index contributed by atoms with van der Waals surface area (Å²) in [4.78, 5) is 13.3. The lowest BCUT2D eigenvalue weighted by Gasteiger charge is -2.13. The van der Waals surface area contributed by atoms with E-state index in [4.69, 9.17) is 9.47 Å². The van der Waals surface area contributed by atoms with Gasteiger partial charge in [0, 0.05) is 24.5 Å². The highest BCUT2D eigenvalue weighted by Crippen LogP contribution is 2.41. The van der Waals surface area contributed by atoms with E-state index in [2.05, 4.69) is 22.9 Å². The van der Waals surface area contributed by atoms with Crippen LogP contribution in [0.3, 0.4) is 0 Å². The first kappa shape index (κ1) is 21.1. The third-order valence-electron chi connectivity index (χ3n) is 6.40. The van der Waals surface area contributed by atoms with E-state index in [0.717, 1.165) is 27.9 Å². The molecule has 3 heterocycles. The third kappa shape index (κ3) is 3.71. The fourth-order valence-electron chi connectivity index (χ4n) is 4.72. The van der Waals surface area contributed by atoms with Gasteiger partial charge in [-0.1, -0.05) is 66.7 Å². The Kier molecular flexibility index (Phi) is 5.23. The molecule has 5 nitrogen and oxygen atoms in total. The van der Waals surface area contributed by atoms with Crippen LogP contribution in [0.15, 0.2) is 103 Å². The number of ketones is 1. The molecule has 5 aromatic rings. The summed E-state index contributed by atoms with van der Waals surface area (Å²) in [6.07, 6.45) is 4.02. The standard InChI is InChI=1S/C30H24N2O3/c1-34-26-15-14-23(17-27(26)35-20-22-11-6-3-7-12-22)24-19-31(18-21-9-4-2-5-10-21)29-28(24)32-16-8-13-25(32)30(29)33/h2-17,19H,18,20H2,1H3. The normalized spacial score (nSPS) is 11.9. The molecule has 0 unspecified atom stereocenters. The smallest absolute Gasteiger partial charge is 0.228 e. The lowest BCUT2D eigenvalue weighted by Crippen LogP contribution is -2.07. The van der Waals surface area contributed by atoms with Crippen LogP contribution in [0.5, 0.6) is 11.5 Å². The number of aromatic nitrogens is 2. The van der Waals surface area contributed by atoms with Crippen molar-refractivity contribution in [3.8, 4) is 28.3 Å². The summed E-state index contributed by atoms with van der Waals surface area (Å²) in [5.74, 6) is 1.37. The van der Waals surface area contributed by atoms with Crippen LogP contribution in [-0.4, -0.2) is 22.0 Å². The number of carbonyl (C=O) groups is 1. The summed E-state index contributed by atoms with van der Waals surface area (Å²) in [6.45, 7) is 1.06. The van der Waals surface area contributed by atoms with Gasteiger partial charge in [0.1, 0.15) is 12.3 Å². The molecule has 1 aliphatic heterocycles. The van der Waals surface area contributed by atoms with Gasteiger partial charge in [0.15, 0.2) is 11.5 Å². The predicted octanol–water partition coefficient (Wildman–Crippen LogP) is 6.13. The molecule has 0 N–H and O–H groups in total. The molecule has 0 amide bonds. The second-order valence-corrected chi connectivity index (χ2v) is 8.59. The number of ether oxygens (including phenoxy) is 2. The molecule has 0 fully saturated rings. The average molecular weight is 461 g/mol. The highest BCUT2D eigenvalue weighted by atomic mass is 16.5. The summed E-state index contributed by atoms with van der Waals surface area (Å²) in [5.41, 5.74) is 6.47. The van der Waals surface area contributed by atoms with Crippen molar-refractivity contribution in [2.24, 2.45) is 0 Å². The minimum absolute atomic E-state index is 0.0428. The molecule has 35 heavy (non-hydrogen) atoms. The van der Waals surface area contributed by atoms with Crippen molar-refractivity contribution in [2.75, 3.05) is 7.11 Å². The van der Waals surface area contributed by atoms with E-state index in [1.807, 2.05) is 89.6 Å². The number of nitrogens with zero attached hydrogens (tertiary/aromatic N) is 2. The number of rotatable bonds is 7. The first-order chi connectivity index (χ1) is 17.2. The van der Waals surface area contributed by atoms with Crippen molar-refractivity contribution in [2.45, 2.75) is 13.2 Å². The molecule has 0 spiro atoms. The van der Waals surface area contributed by atoms with Gasteiger partial charge in [-0.15, -0.1) is 0 Å². The van der Waals surface area contributed by atoms with Crippen molar-refractivity contribution >= 4 is 5.78 Å². The second-order valence-electron chi connectivity index (χ2n) is 8.59. The van der Waals surface area contributed by atoms with Crippen LogP contribution < -0.4 is 9.47 Å². The van der Waals surface area contributed by atoms with E-state index in [9.17, 15) is 4.79 Å². The molecular weight excluding hydrogens is 436 g/mol. The third-order valence-corrected chi connectivity index (χ3v) is 6.40. The first-order valence-corrected chi connectivity index (χ1v) is 11.6. The molecule has 172 valence electrons. The molecule has 5 heteroatoms. The lowest BCUT2D eigenvalue weighted by molar-refractivity contribution is 0.103. The summed E-state index contributed by atoms with van der Waals surface area (Å²) in [6, 6.07) is 30.0. The van der Waals surface area contributed by atoms with Crippen LogP contribution in [0.2, 0.25) is 0 Å². The van der Waals surface area contributed by atoms with Crippen LogP contribution in [0.1, 0.15) is 27.3 Å². The Morgan fingerprint density at radius 2 is 1.54 bits per heavy atom. The van der Waals surface area contributed by atoms with Crippen LogP contribution in [0.25, 0.3) is 16.8 Å². The first-order valence-electron chi connectivity index (χ1n) is 11.6. The minimum Gasteiger partial charge on any atom is -0.493 e. The number of hydrogen-bond donors (Lipinski definition) is 0. The van der Waals surface area contributed by atoms with Crippen molar-refractivity contribution in [3.05, 3.63) is 126 Å². The van der Waals surface area contributed by atoms with Crippen LogP contribution in [-0.2, 0) is 13.2 Å². The molecule has 0 saturated carbocycles. The zero-order valence-corrected chi connectivity index (χ0v) is 19.3. The molecule has 0 radical (unpaired) electrons. The lowest BCUT2D eigenvalue weighted by atomic mass is 10.1. The maximum atomic E-state index is 13.3. The van der Waals surface area contributed by atoms with Crippen molar-refractivity contribution in [1.82, 2.24) is 9.13 Å². The van der Waals surface area contributed by atoms with Gasteiger partial charge in [-0.25, -0.2) is 0 Å². The Morgan fingerprint density at radius 3 is 2.29 bits per heavy atom. The molecule has 0 bridgehead atoms. The number of carbonyl (C=O) groups excluding carboxylic acids is 1. The number of benzene rings is 3. The monoisotopic (exact) mass is 460 g/mol. The zero-order chi connectivity index (χ0) is 23.8. The van der Waals surface area contributed by atoms with Crippen LogP contribution in [0, 0.1) is 0 Å². The highest BCUT2D eigenvalue weighted by Gasteiger charge is 2.33. The summed E-state index contributed by atoms with van der Waals surface area (Å²) in [5, 5.41) is 0. The van der Waals surface area contributed by atoms with Gasteiger partial charge in [0.05, 0.1) is 18.5 Å². The number of fused-ring (bicyclic) bond motifs is 3. The number of hydrogen-bond acceptors (Lipinski definition) is 3. The zero-order valence-electron chi connectivity index (χ0n) is 19.3. The average Bonchev–Trinajstić information content (AvgIpc) is 3.59. The van der Waals surface area contributed by atoms with Gasteiger partial charge in [0.2, 0.25) is 5.78 Å². The fourth-order valence-corrected chi connectivity index (χ4v) is 4.72. The Hall–Kier alpha value is -4.51. The number of methoxy groups -OCH3 is 1.